The first-order valence-corrected chi connectivity index (χ1v) is 9.38. The lowest BCUT2D eigenvalue weighted by Crippen LogP contribution is -2.40. The van der Waals surface area contributed by atoms with Gasteiger partial charge in [0.1, 0.15) is 0 Å². The van der Waals surface area contributed by atoms with Crippen LogP contribution in [0.4, 0.5) is 0 Å². The summed E-state index contributed by atoms with van der Waals surface area (Å²) >= 11 is 0. The van der Waals surface area contributed by atoms with Crippen LogP contribution in [0, 0.1) is 5.92 Å². The Kier molecular flexibility index (Phi) is 5.02. The molecule has 2 N–H and O–H groups in total. The number of hydrogen-bond donors (Lipinski definition) is 2. The number of aromatic amines is 1. The molecule has 4 nitrogen and oxygen atoms in total. The Labute approximate surface area is 154 Å². The fraction of sp³-hybridized carbons (Fsp3) is 0.318. The number of nitrogens with one attached hydrogen (secondary N) is 2. The van der Waals surface area contributed by atoms with Gasteiger partial charge in [-0.15, -0.1) is 0 Å². The van der Waals surface area contributed by atoms with Crippen molar-refractivity contribution in [1.82, 2.24) is 15.2 Å². The van der Waals surface area contributed by atoms with Gasteiger partial charge in [-0.25, -0.2) is 0 Å². The lowest BCUT2D eigenvalue weighted by atomic mass is 9.95. The van der Waals surface area contributed by atoms with Crippen LogP contribution in [0.1, 0.15) is 24.0 Å². The monoisotopic (exact) mass is 347 g/mol. The van der Waals surface area contributed by atoms with E-state index in [1.165, 1.54) is 16.5 Å². The summed E-state index contributed by atoms with van der Waals surface area (Å²) in [4.78, 5) is 18.2. The molecule has 3 aromatic rings. The second kappa shape index (κ2) is 7.75. The minimum absolute atomic E-state index is 0.137. The molecule has 1 aromatic heterocycles. The maximum atomic E-state index is 12.4. The van der Waals surface area contributed by atoms with Gasteiger partial charge in [0, 0.05) is 36.1 Å². The largest absolute Gasteiger partial charge is 0.361 e. The van der Waals surface area contributed by atoms with Gasteiger partial charge >= 0.3 is 0 Å². The summed E-state index contributed by atoms with van der Waals surface area (Å²) in [6, 6.07) is 18.5. The lowest BCUT2D eigenvalue weighted by molar-refractivity contribution is -0.126. The zero-order valence-electron chi connectivity index (χ0n) is 14.9. The maximum Gasteiger partial charge on any atom is 0.223 e. The van der Waals surface area contributed by atoms with Crippen LogP contribution < -0.4 is 5.32 Å². The van der Waals surface area contributed by atoms with Crippen molar-refractivity contribution in [2.24, 2.45) is 5.92 Å². The summed E-state index contributed by atoms with van der Waals surface area (Å²) in [7, 11) is 0. The van der Waals surface area contributed by atoms with Gasteiger partial charge in [-0.1, -0.05) is 48.5 Å². The molecule has 0 saturated carbocycles. The molecule has 4 heteroatoms. The molecule has 0 aliphatic carbocycles. The van der Waals surface area contributed by atoms with Gasteiger partial charge in [0.25, 0.3) is 0 Å². The summed E-state index contributed by atoms with van der Waals surface area (Å²) in [5.74, 6) is 0.332. The molecule has 0 unspecified atom stereocenters. The molecule has 0 spiro atoms. The summed E-state index contributed by atoms with van der Waals surface area (Å²) in [5.41, 5.74) is 3.68. The number of hydrogen-bond acceptors (Lipinski definition) is 2. The molecule has 1 saturated heterocycles. The molecule has 1 fully saturated rings. The average molecular weight is 347 g/mol. The fourth-order valence-electron chi connectivity index (χ4n) is 3.79. The van der Waals surface area contributed by atoms with E-state index in [0.29, 0.717) is 6.54 Å². The molecule has 1 amide bonds. The van der Waals surface area contributed by atoms with Crippen LogP contribution in [0.2, 0.25) is 0 Å². The number of H-pyrrole nitrogens is 1. The number of benzene rings is 2. The first-order valence-electron chi connectivity index (χ1n) is 9.38. The zero-order valence-corrected chi connectivity index (χ0v) is 14.9. The van der Waals surface area contributed by atoms with E-state index in [1.54, 1.807) is 0 Å². The number of rotatable bonds is 5. The first kappa shape index (κ1) is 16.9. The zero-order chi connectivity index (χ0) is 17.8. The third kappa shape index (κ3) is 3.81. The Morgan fingerprint density at radius 3 is 2.58 bits per heavy atom. The van der Waals surface area contributed by atoms with Gasteiger partial charge in [0.2, 0.25) is 5.91 Å². The Morgan fingerprint density at radius 1 is 1.04 bits per heavy atom. The number of fused-ring (bicyclic) bond motifs is 1. The normalized spacial score (nSPS) is 16.0. The summed E-state index contributed by atoms with van der Waals surface area (Å²) in [5, 5.41) is 4.39. The minimum Gasteiger partial charge on any atom is -0.361 e. The van der Waals surface area contributed by atoms with Crippen LogP contribution in [-0.2, 0) is 17.9 Å². The average Bonchev–Trinajstić information content (AvgIpc) is 3.10. The van der Waals surface area contributed by atoms with E-state index in [1.807, 2.05) is 30.3 Å². The Morgan fingerprint density at radius 2 is 1.77 bits per heavy atom. The summed E-state index contributed by atoms with van der Waals surface area (Å²) in [6.45, 7) is 3.52. The summed E-state index contributed by atoms with van der Waals surface area (Å²) in [6.07, 6.45) is 3.98. The van der Waals surface area contributed by atoms with E-state index in [0.717, 1.165) is 38.0 Å². The van der Waals surface area contributed by atoms with Gasteiger partial charge in [0.15, 0.2) is 0 Å². The second-order valence-electron chi connectivity index (χ2n) is 7.11. The van der Waals surface area contributed by atoms with Crippen LogP contribution in [-0.4, -0.2) is 28.9 Å². The number of para-hydroxylation sites is 1. The molecular formula is C22H25N3O. The highest BCUT2D eigenvalue weighted by atomic mass is 16.1. The number of carbonyl (C=O) groups excluding carboxylic acids is 1. The molecule has 4 rings (SSSR count). The van der Waals surface area contributed by atoms with Gasteiger partial charge in [0.05, 0.1) is 0 Å². The molecular weight excluding hydrogens is 322 g/mol. The summed E-state index contributed by atoms with van der Waals surface area (Å²) < 4.78 is 0. The molecule has 0 radical (unpaired) electrons. The van der Waals surface area contributed by atoms with E-state index in [4.69, 9.17) is 0 Å². The number of nitrogens with zero attached hydrogens (tertiary/aromatic N) is 1. The molecule has 1 aliphatic heterocycles. The smallest absolute Gasteiger partial charge is 0.223 e. The van der Waals surface area contributed by atoms with Crippen LogP contribution in [0.5, 0.6) is 0 Å². The standard InChI is InChI=1S/C22H25N3O/c26-22(24-14-17-6-2-1-3-7-17)18-10-12-25(13-11-18)16-19-15-23-21-9-5-4-8-20(19)21/h1-9,15,18,23H,10-14,16H2,(H,24,26). The number of carbonyl (C=O) groups is 1. The lowest BCUT2D eigenvalue weighted by Gasteiger charge is -2.31. The Bertz CT molecular complexity index is 863. The van der Waals surface area contributed by atoms with Crippen molar-refractivity contribution < 1.29 is 4.79 Å². The quantitative estimate of drug-likeness (QED) is 0.739. The SMILES string of the molecule is O=C(NCc1ccccc1)C1CCN(Cc2c[nH]c3ccccc23)CC1. The highest BCUT2D eigenvalue weighted by Gasteiger charge is 2.25. The van der Waals surface area contributed by atoms with Gasteiger partial charge < -0.3 is 10.3 Å². The minimum atomic E-state index is 0.137. The second-order valence-corrected chi connectivity index (χ2v) is 7.11. The Balaban J connectivity index is 1.28. The van der Waals surface area contributed by atoms with Crippen molar-refractivity contribution in [1.29, 1.82) is 0 Å². The highest BCUT2D eigenvalue weighted by molar-refractivity contribution is 5.83. The van der Waals surface area contributed by atoms with Gasteiger partial charge in [-0.3, -0.25) is 9.69 Å². The Hall–Kier alpha value is -2.59. The molecule has 26 heavy (non-hydrogen) atoms. The molecule has 134 valence electrons. The van der Waals surface area contributed by atoms with Crippen LogP contribution in [0.25, 0.3) is 10.9 Å². The van der Waals surface area contributed by atoms with E-state index in [9.17, 15) is 4.79 Å². The maximum absolute atomic E-state index is 12.4. The predicted octanol–water partition coefficient (Wildman–Crippen LogP) is 3.70. The fourth-order valence-corrected chi connectivity index (χ4v) is 3.79. The van der Waals surface area contributed by atoms with E-state index >= 15 is 0 Å². The number of likely N-dealkylation sites (tertiary alicyclic amines) is 1. The van der Waals surface area contributed by atoms with Crippen molar-refractivity contribution in [2.75, 3.05) is 13.1 Å². The highest BCUT2D eigenvalue weighted by Crippen LogP contribution is 2.23. The molecule has 0 atom stereocenters. The molecule has 2 aromatic carbocycles. The van der Waals surface area contributed by atoms with Gasteiger partial charge in [-0.05, 0) is 43.1 Å². The third-order valence-corrected chi connectivity index (χ3v) is 5.34. The van der Waals surface area contributed by atoms with E-state index in [-0.39, 0.29) is 11.8 Å². The van der Waals surface area contributed by atoms with Crippen LogP contribution in [0.3, 0.4) is 0 Å². The van der Waals surface area contributed by atoms with Crippen molar-refractivity contribution in [3.05, 3.63) is 71.9 Å². The van der Waals surface area contributed by atoms with Crippen molar-refractivity contribution >= 4 is 16.8 Å². The number of aromatic nitrogens is 1. The number of piperidine rings is 1. The molecule has 0 bridgehead atoms. The van der Waals surface area contributed by atoms with Crippen molar-refractivity contribution in [3.63, 3.8) is 0 Å². The molecule has 2 heterocycles. The predicted molar refractivity (Wildman–Crippen MR) is 105 cm³/mol. The van der Waals surface area contributed by atoms with Crippen molar-refractivity contribution in [2.45, 2.75) is 25.9 Å². The van der Waals surface area contributed by atoms with Crippen LogP contribution >= 0.6 is 0 Å². The van der Waals surface area contributed by atoms with Crippen LogP contribution in [0.15, 0.2) is 60.8 Å². The van der Waals surface area contributed by atoms with E-state index < -0.39 is 0 Å². The first-order chi connectivity index (χ1) is 12.8. The topological polar surface area (TPSA) is 48.1 Å². The van der Waals surface area contributed by atoms with Gasteiger partial charge in [-0.2, -0.15) is 0 Å². The number of amides is 1. The molecule has 1 aliphatic rings. The third-order valence-electron chi connectivity index (χ3n) is 5.34. The van der Waals surface area contributed by atoms with Crippen molar-refractivity contribution in [3.8, 4) is 0 Å². The van der Waals surface area contributed by atoms with E-state index in [2.05, 4.69) is 45.7 Å².